The Balaban J connectivity index is 1.63. The van der Waals surface area contributed by atoms with Crippen molar-refractivity contribution in [1.29, 1.82) is 5.26 Å². The Kier molecular flexibility index (Phi) is 7.65. The highest BCUT2D eigenvalue weighted by atomic mass is 32.1. The van der Waals surface area contributed by atoms with E-state index >= 15 is 0 Å². The fourth-order valence-electron chi connectivity index (χ4n) is 3.72. The smallest absolute Gasteiger partial charge is 0.394 e. The Labute approximate surface area is 191 Å². The second-order valence-corrected chi connectivity index (χ2v) is 8.89. The number of benzene rings is 1. The van der Waals surface area contributed by atoms with E-state index in [4.69, 9.17) is 5.26 Å². The summed E-state index contributed by atoms with van der Waals surface area (Å²) >= 11 is 1.05. The van der Waals surface area contributed by atoms with Crippen molar-refractivity contribution in [2.75, 3.05) is 11.9 Å². The van der Waals surface area contributed by atoms with Crippen LogP contribution in [0, 0.1) is 16.7 Å². The summed E-state index contributed by atoms with van der Waals surface area (Å²) in [5, 5.41) is 31.3. The van der Waals surface area contributed by atoms with Gasteiger partial charge < -0.3 is 10.4 Å². The number of carbonyl (C=O) groups is 2. The van der Waals surface area contributed by atoms with Gasteiger partial charge in [-0.15, -0.1) is 10.2 Å². The third kappa shape index (κ3) is 5.66. The molecule has 8 nitrogen and oxygen atoms in total. The predicted octanol–water partition coefficient (Wildman–Crippen LogP) is 2.93. The van der Waals surface area contributed by atoms with Gasteiger partial charge in [-0.2, -0.15) is 18.4 Å². The molecule has 1 aromatic carbocycles. The van der Waals surface area contributed by atoms with Gasteiger partial charge in [0.25, 0.3) is 5.91 Å². The Morgan fingerprint density at radius 2 is 1.85 bits per heavy atom. The monoisotopic (exact) mass is 481 g/mol. The molecule has 0 radical (unpaired) electrons. The van der Waals surface area contributed by atoms with Gasteiger partial charge in [0.2, 0.25) is 11.0 Å². The maximum Gasteiger partial charge on any atom is 0.403 e. The van der Waals surface area contributed by atoms with Crippen LogP contribution in [0.5, 0.6) is 0 Å². The maximum atomic E-state index is 13.7. The van der Waals surface area contributed by atoms with Crippen LogP contribution in [0.15, 0.2) is 24.3 Å². The van der Waals surface area contributed by atoms with Gasteiger partial charge >= 0.3 is 6.18 Å². The largest absolute Gasteiger partial charge is 0.403 e. The molecular weight excluding hydrogens is 459 g/mol. The minimum Gasteiger partial charge on any atom is -0.394 e. The van der Waals surface area contributed by atoms with Gasteiger partial charge in [0.1, 0.15) is 16.5 Å². The van der Waals surface area contributed by atoms with E-state index in [0.717, 1.165) is 16.9 Å². The van der Waals surface area contributed by atoms with Gasteiger partial charge in [0.15, 0.2) is 0 Å². The van der Waals surface area contributed by atoms with Crippen LogP contribution in [0.4, 0.5) is 18.3 Å². The molecule has 0 saturated heterocycles. The Morgan fingerprint density at radius 1 is 1.18 bits per heavy atom. The molecule has 12 heteroatoms. The highest BCUT2D eigenvalue weighted by Crippen LogP contribution is 2.49. The Morgan fingerprint density at radius 3 is 2.42 bits per heavy atom. The third-order valence-electron chi connectivity index (χ3n) is 5.62. The minimum atomic E-state index is -4.76. The van der Waals surface area contributed by atoms with Crippen LogP contribution in [0.3, 0.4) is 0 Å². The van der Waals surface area contributed by atoms with E-state index in [-0.39, 0.29) is 30.8 Å². The first-order valence-corrected chi connectivity index (χ1v) is 11.1. The van der Waals surface area contributed by atoms with E-state index in [1.807, 2.05) is 6.07 Å². The first-order valence-electron chi connectivity index (χ1n) is 10.3. The second-order valence-electron chi connectivity index (χ2n) is 7.82. The molecular formula is C21H22F3N5O3S. The van der Waals surface area contributed by atoms with Crippen molar-refractivity contribution in [2.24, 2.45) is 5.41 Å². The number of nitriles is 1. The van der Waals surface area contributed by atoms with E-state index in [2.05, 4.69) is 20.8 Å². The van der Waals surface area contributed by atoms with Crippen LogP contribution in [-0.2, 0) is 16.0 Å². The molecule has 1 fully saturated rings. The summed E-state index contributed by atoms with van der Waals surface area (Å²) in [6.45, 7) is -0.873. The summed E-state index contributed by atoms with van der Waals surface area (Å²) in [7, 11) is 0. The molecule has 1 aromatic heterocycles. The number of aliphatic hydroxyl groups excluding tert-OH is 1. The number of nitrogens with zero attached hydrogens (tertiary/aromatic N) is 3. The molecule has 0 spiro atoms. The summed E-state index contributed by atoms with van der Waals surface area (Å²) in [4.78, 5) is 25.1. The van der Waals surface area contributed by atoms with Gasteiger partial charge in [0.05, 0.1) is 18.2 Å². The second kappa shape index (κ2) is 10.3. The van der Waals surface area contributed by atoms with Gasteiger partial charge in [-0.1, -0.05) is 42.7 Å². The number of rotatable bonds is 7. The van der Waals surface area contributed by atoms with Crippen molar-refractivity contribution < 1.29 is 27.9 Å². The maximum absolute atomic E-state index is 13.7. The average Bonchev–Trinajstić information content (AvgIpc) is 3.23. The Hall–Kier alpha value is -3.04. The number of halogens is 3. The van der Waals surface area contributed by atoms with Gasteiger partial charge in [-0.25, -0.2) is 0 Å². The first kappa shape index (κ1) is 24.6. The van der Waals surface area contributed by atoms with Crippen molar-refractivity contribution in [3.8, 4) is 6.07 Å². The van der Waals surface area contributed by atoms with E-state index in [1.54, 1.807) is 24.3 Å². The molecule has 1 saturated carbocycles. The zero-order chi connectivity index (χ0) is 24.1. The highest BCUT2D eigenvalue weighted by molar-refractivity contribution is 7.15. The molecule has 2 aromatic rings. The summed E-state index contributed by atoms with van der Waals surface area (Å²) < 4.78 is 41.2. The predicted molar refractivity (Wildman–Crippen MR) is 113 cm³/mol. The number of alkyl halides is 3. The molecule has 33 heavy (non-hydrogen) atoms. The molecule has 0 aliphatic heterocycles. The first-order chi connectivity index (χ1) is 15.7. The van der Waals surface area contributed by atoms with Crippen LogP contribution in [0.1, 0.15) is 48.2 Å². The number of hydrogen-bond acceptors (Lipinski definition) is 7. The lowest BCUT2D eigenvalue weighted by atomic mass is 9.72. The number of aliphatic hydroxyl groups is 1. The number of amides is 2. The van der Waals surface area contributed by atoms with Crippen molar-refractivity contribution in [3.63, 3.8) is 0 Å². The number of anilines is 1. The van der Waals surface area contributed by atoms with E-state index < -0.39 is 36.1 Å². The number of nitrogens with one attached hydrogen (secondary N) is 2. The number of hydrogen-bond donors (Lipinski definition) is 3. The molecule has 176 valence electrons. The zero-order valence-electron chi connectivity index (χ0n) is 17.5. The summed E-state index contributed by atoms with van der Waals surface area (Å²) in [5.41, 5.74) is -1.18. The quantitative estimate of drug-likeness (QED) is 0.558. The van der Waals surface area contributed by atoms with Crippen molar-refractivity contribution >= 4 is 28.3 Å². The zero-order valence-corrected chi connectivity index (χ0v) is 18.3. The standard InChI is InChI=1S/C21H22F3N5O3S/c22-21(23,24)20(8-2-1-3-9-20)18(32)26-15(12-30)17(31)27-19-29-28-16(33-19)10-13-4-6-14(11-25)7-5-13/h4-7,15,30H,1-3,8-10,12H2,(H,26,32)(H,27,29,31)/t15-/m1/s1. The van der Waals surface area contributed by atoms with Crippen LogP contribution in [0.25, 0.3) is 0 Å². The normalized spacial score (nSPS) is 16.5. The molecule has 1 aliphatic carbocycles. The third-order valence-corrected chi connectivity index (χ3v) is 6.46. The lowest BCUT2D eigenvalue weighted by Gasteiger charge is -2.38. The Bertz CT molecular complexity index is 1030. The van der Waals surface area contributed by atoms with Crippen LogP contribution >= 0.6 is 11.3 Å². The highest BCUT2D eigenvalue weighted by Gasteiger charge is 2.60. The van der Waals surface area contributed by atoms with Crippen LogP contribution < -0.4 is 10.6 Å². The lowest BCUT2D eigenvalue weighted by molar-refractivity contribution is -0.230. The van der Waals surface area contributed by atoms with E-state index in [9.17, 15) is 27.9 Å². The van der Waals surface area contributed by atoms with E-state index in [0.29, 0.717) is 23.4 Å². The lowest BCUT2D eigenvalue weighted by Crippen LogP contribution is -2.57. The topological polar surface area (TPSA) is 128 Å². The SMILES string of the molecule is N#Cc1ccc(Cc2nnc(NC(=O)[C@@H](CO)NC(=O)C3(C(F)(F)F)CCCCC3)s2)cc1. The van der Waals surface area contributed by atoms with Crippen molar-refractivity contribution in [3.05, 3.63) is 40.4 Å². The fourth-order valence-corrected chi connectivity index (χ4v) is 4.50. The number of carbonyl (C=O) groups excluding carboxylic acids is 2. The fraction of sp³-hybridized carbons (Fsp3) is 0.476. The average molecular weight is 482 g/mol. The molecule has 1 heterocycles. The van der Waals surface area contributed by atoms with E-state index in [1.165, 1.54) is 0 Å². The molecule has 2 amide bonds. The molecule has 1 aliphatic rings. The molecule has 0 unspecified atom stereocenters. The summed E-state index contributed by atoms with van der Waals surface area (Å²) in [6, 6.07) is 7.30. The molecule has 0 bridgehead atoms. The minimum absolute atomic E-state index is 0.0829. The van der Waals surface area contributed by atoms with Crippen LogP contribution in [-0.4, -0.2) is 45.9 Å². The summed E-state index contributed by atoms with van der Waals surface area (Å²) in [6.07, 6.45) is -3.93. The molecule has 3 rings (SSSR count). The van der Waals surface area contributed by atoms with Crippen LogP contribution in [0.2, 0.25) is 0 Å². The van der Waals surface area contributed by atoms with Crippen molar-refractivity contribution in [2.45, 2.75) is 50.7 Å². The number of aromatic nitrogens is 2. The van der Waals surface area contributed by atoms with Gasteiger partial charge in [-0.05, 0) is 30.5 Å². The van der Waals surface area contributed by atoms with Gasteiger partial charge in [0, 0.05) is 6.42 Å². The van der Waals surface area contributed by atoms with Gasteiger partial charge in [-0.3, -0.25) is 14.9 Å². The molecule has 1 atom stereocenters. The summed E-state index contributed by atoms with van der Waals surface area (Å²) in [5.74, 6) is -2.19. The molecule has 3 N–H and O–H groups in total. The van der Waals surface area contributed by atoms with Crippen molar-refractivity contribution in [1.82, 2.24) is 15.5 Å².